The van der Waals surface area contributed by atoms with Crippen LogP contribution in [-0.2, 0) is 21.1 Å². The average Bonchev–Trinajstić information content (AvgIpc) is 3.23. The van der Waals surface area contributed by atoms with E-state index in [1.807, 2.05) is 17.6 Å². The van der Waals surface area contributed by atoms with Crippen molar-refractivity contribution in [1.29, 1.82) is 0 Å². The van der Waals surface area contributed by atoms with Gasteiger partial charge in [0.25, 0.3) is 0 Å². The second kappa shape index (κ2) is 6.51. The summed E-state index contributed by atoms with van der Waals surface area (Å²) in [4.78, 5) is 19.2. The Kier molecular flexibility index (Phi) is 4.32. The molecule has 0 saturated carbocycles. The first-order valence-electron chi connectivity index (χ1n) is 8.45. The summed E-state index contributed by atoms with van der Waals surface area (Å²) >= 11 is 1.54. The summed E-state index contributed by atoms with van der Waals surface area (Å²) in [5, 5.41) is 3.83. The number of aromatic nitrogens is 2. The number of carbonyl (C=O) groups excluding carboxylic acids is 1. The van der Waals surface area contributed by atoms with Gasteiger partial charge in [-0.2, -0.15) is 0 Å². The van der Waals surface area contributed by atoms with Crippen LogP contribution in [0, 0.1) is 0 Å². The Bertz CT molecular complexity index is 1050. The number of rotatable bonds is 4. The maximum atomic E-state index is 11.7. The summed E-state index contributed by atoms with van der Waals surface area (Å²) in [6.07, 6.45) is 5.10. The van der Waals surface area contributed by atoms with E-state index in [0.29, 0.717) is 12.8 Å². The molecule has 0 spiro atoms. The first-order chi connectivity index (χ1) is 12.4. The number of carbonyl (C=O) groups is 1. The number of primary amides is 1. The number of sulfone groups is 1. The van der Waals surface area contributed by atoms with E-state index in [1.165, 1.54) is 11.3 Å². The highest BCUT2D eigenvalue weighted by molar-refractivity contribution is 7.91. The summed E-state index contributed by atoms with van der Waals surface area (Å²) in [6.45, 7) is 0. The molecule has 3 aromatic rings. The highest BCUT2D eigenvalue weighted by Crippen LogP contribution is 2.37. The highest BCUT2D eigenvalue weighted by atomic mass is 32.2. The SMILES string of the molecule is NC(=O)Cc1cc(-c2nccs2)cc2c(C3CCS(=O)(=O)CC3)c[nH]c12. The van der Waals surface area contributed by atoms with Crippen LogP contribution < -0.4 is 5.73 Å². The van der Waals surface area contributed by atoms with Crippen LogP contribution in [0.4, 0.5) is 0 Å². The zero-order valence-corrected chi connectivity index (χ0v) is 15.7. The Morgan fingerprint density at radius 1 is 1.31 bits per heavy atom. The standard InChI is InChI=1S/C18H19N3O3S2/c19-16(22)9-12-7-13(18-20-3-4-25-18)8-14-15(10-21-17(12)14)11-1-5-26(23,24)6-2-11/h3-4,7-8,10-11,21H,1-2,5-6,9H2,(H2,19,22). The lowest BCUT2D eigenvalue weighted by Crippen LogP contribution is -2.22. The van der Waals surface area contributed by atoms with Crippen molar-refractivity contribution in [3.8, 4) is 10.6 Å². The third-order valence-electron chi connectivity index (χ3n) is 4.94. The largest absolute Gasteiger partial charge is 0.369 e. The molecule has 0 unspecified atom stereocenters. The lowest BCUT2D eigenvalue weighted by Gasteiger charge is -2.21. The molecule has 0 radical (unpaired) electrons. The number of nitrogens with zero attached hydrogens (tertiary/aromatic N) is 1. The van der Waals surface area contributed by atoms with Crippen LogP contribution in [0.1, 0.15) is 29.9 Å². The van der Waals surface area contributed by atoms with Gasteiger partial charge in [0, 0.05) is 34.2 Å². The molecule has 136 valence electrons. The molecular weight excluding hydrogens is 370 g/mol. The number of benzene rings is 1. The van der Waals surface area contributed by atoms with E-state index < -0.39 is 9.84 Å². The average molecular weight is 390 g/mol. The maximum Gasteiger partial charge on any atom is 0.221 e. The zero-order chi connectivity index (χ0) is 18.3. The summed E-state index contributed by atoms with van der Waals surface area (Å²) in [7, 11) is -2.91. The Labute approximate surface area is 155 Å². The molecule has 1 fully saturated rings. The van der Waals surface area contributed by atoms with Gasteiger partial charge in [0.2, 0.25) is 5.91 Å². The number of hydrogen-bond donors (Lipinski definition) is 2. The lowest BCUT2D eigenvalue weighted by molar-refractivity contribution is -0.117. The summed E-state index contributed by atoms with van der Waals surface area (Å²) in [5.41, 5.74) is 9.23. The molecule has 3 heterocycles. The van der Waals surface area contributed by atoms with Crippen molar-refractivity contribution in [2.24, 2.45) is 5.73 Å². The first-order valence-corrected chi connectivity index (χ1v) is 11.2. The number of nitrogens with two attached hydrogens (primary N) is 1. The molecular formula is C18H19N3O3S2. The fraction of sp³-hybridized carbons (Fsp3) is 0.333. The second-order valence-corrected chi connectivity index (χ2v) is 9.91. The fourth-order valence-corrected chi connectivity index (χ4v) is 5.80. The molecule has 1 aliphatic rings. The van der Waals surface area contributed by atoms with Gasteiger partial charge in [-0.05, 0) is 42.0 Å². The number of hydrogen-bond acceptors (Lipinski definition) is 5. The van der Waals surface area contributed by atoms with E-state index in [9.17, 15) is 13.2 Å². The van der Waals surface area contributed by atoms with Gasteiger partial charge in [-0.15, -0.1) is 11.3 Å². The number of nitrogens with one attached hydrogen (secondary N) is 1. The number of thiazole rings is 1. The molecule has 0 atom stereocenters. The minimum Gasteiger partial charge on any atom is -0.369 e. The van der Waals surface area contributed by atoms with Crippen LogP contribution in [0.5, 0.6) is 0 Å². The summed E-state index contributed by atoms with van der Waals surface area (Å²) in [5.74, 6) is 0.262. The minimum atomic E-state index is -2.91. The van der Waals surface area contributed by atoms with Crippen LogP contribution in [0.2, 0.25) is 0 Å². The first kappa shape index (κ1) is 17.2. The van der Waals surface area contributed by atoms with Crippen LogP contribution in [0.25, 0.3) is 21.5 Å². The summed E-state index contributed by atoms with van der Waals surface area (Å²) in [6, 6.07) is 4.03. The minimum absolute atomic E-state index is 0.148. The van der Waals surface area contributed by atoms with Gasteiger partial charge in [0.05, 0.1) is 17.9 Å². The van der Waals surface area contributed by atoms with Gasteiger partial charge < -0.3 is 10.7 Å². The molecule has 1 aromatic carbocycles. The predicted octanol–water partition coefficient (Wildman–Crippen LogP) is 2.61. The topological polar surface area (TPSA) is 106 Å². The van der Waals surface area contributed by atoms with E-state index >= 15 is 0 Å². The van der Waals surface area contributed by atoms with Gasteiger partial charge in [-0.1, -0.05) is 0 Å². The molecule has 1 saturated heterocycles. The normalized spacial score (nSPS) is 17.5. The van der Waals surface area contributed by atoms with Crippen LogP contribution in [-0.4, -0.2) is 35.8 Å². The van der Waals surface area contributed by atoms with Crippen LogP contribution in [0.15, 0.2) is 29.9 Å². The Balaban J connectivity index is 1.82. The maximum absolute atomic E-state index is 11.7. The van der Waals surface area contributed by atoms with Crippen molar-refractivity contribution >= 4 is 38.0 Å². The van der Waals surface area contributed by atoms with E-state index in [4.69, 9.17) is 5.73 Å². The number of H-pyrrole nitrogens is 1. The molecule has 4 rings (SSSR count). The van der Waals surface area contributed by atoms with Gasteiger partial charge in [-0.3, -0.25) is 4.79 Å². The Hall–Kier alpha value is -2.19. The van der Waals surface area contributed by atoms with Crippen molar-refractivity contribution in [3.05, 3.63) is 41.0 Å². The third-order valence-corrected chi connectivity index (χ3v) is 7.48. The molecule has 8 heteroatoms. The number of aromatic amines is 1. The van der Waals surface area contributed by atoms with Crippen LogP contribution in [0.3, 0.4) is 0 Å². The van der Waals surface area contributed by atoms with E-state index in [-0.39, 0.29) is 29.8 Å². The molecule has 1 aliphatic heterocycles. The van der Waals surface area contributed by atoms with Crippen molar-refractivity contribution in [2.45, 2.75) is 25.2 Å². The molecule has 6 nitrogen and oxygen atoms in total. The Morgan fingerprint density at radius 2 is 2.08 bits per heavy atom. The molecule has 26 heavy (non-hydrogen) atoms. The molecule has 2 aromatic heterocycles. The van der Waals surface area contributed by atoms with Gasteiger partial charge in [-0.25, -0.2) is 13.4 Å². The lowest BCUT2D eigenvalue weighted by atomic mass is 9.91. The van der Waals surface area contributed by atoms with Crippen molar-refractivity contribution < 1.29 is 13.2 Å². The number of fused-ring (bicyclic) bond motifs is 1. The smallest absolute Gasteiger partial charge is 0.221 e. The zero-order valence-electron chi connectivity index (χ0n) is 14.1. The van der Waals surface area contributed by atoms with Crippen molar-refractivity contribution in [1.82, 2.24) is 9.97 Å². The molecule has 1 amide bonds. The van der Waals surface area contributed by atoms with E-state index in [1.54, 1.807) is 6.20 Å². The molecule has 3 N–H and O–H groups in total. The van der Waals surface area contributed by atoms with E-state index in [2.05, 4.69) is 16.0 Å². The fourth-order valence-electron chi connectivity index (χ4n) is 3.68. The molecule has 0 bridgehead atoms. The van der Waals surface area contributed by atoms with Gasteiger partial charge >= 0.3 is 0 Å². The third kappa shape index (κ3) is 3.26. The monoisotopic (exact) mass is 389 g/mol. The van der Waals surface area contributed by atoms with Gasteiger partial charge in [0.1, 0.15) is 14.8 Å². The number of amides is 1. The predicted molar refractivity (Wildman–Crippen MR) is 103 cm³/mol. The van der Waals surface area contributed by atoms with Crippen LogP contribution >= 0.6 is 11.3 Å². The van der Waals surface area contributed by atoms with Crippen molar-refractivity contribution in [3.63, 3.8) is 0 Å². The van der Waals surface area contributed by atoms with Gasteiger partial charge in [0.15, 0.2) is 0 Å². The summed E-state index contributed by atoms with van der Waals surface area (Å²) < 4.78 is 23.5. The quantitative estimate of drug-likeness (QED) is 0.715. The Morgan fingerprint density at radius 3 is 2.73 bits per heavy atom. The second-order valence-electron chi connectivity index (χ2n) is 6.71. The van der Waals surface area contributed by atoms with Crippen molar-refractivity contribution in [2.75, 3.05) is 11.5 Å². The molecule has 0 aliphatic carbocycles. The highest BCUT2D eigenvalue weighted by Gasteiger charge is 2.27. The van der Waals surface area contributed by atoms with E-state index in [0.717, 1.165) is 32.6 Å².